The Balaban J connectivity index is 1.54. The second kappa shape index (κ2) is 7.85. The van der Waals surface area contributed by atoms with Crippen LogP contribution in [-0.4, -0.2) is 30.8 Å². The zero-order valence-corrected chi connectivity index (χ0v) is 16.9. The Labute approximate surface area is 170 Å². The minimum atomic E-state index is -3.68. The van der Waals surface area contributed by atoms with E-state index in [1.165, 1.54) is 0 Å². The number of nitrogens with one attached hydrogen (secondary N) is 2. The van der Waals surface area contributed by atoms with Gasteiger partial charge in [0.2, 0.25) is 10.0 Å². The highest BCUT2D eigenvalue weighted by molar-refractivity contribution is 7.89. The molecule has 0 saturated heterocycles. The van der Waals surface area contributed by atoms with Crippen LogP contribution in [0.2, 0.25) is 0 Å². The Kier molecular flexibility index (Phi) is 5.25. The molecule has 1 aliphatic heterocycles. The van der Waals surface area contributed by atoms with Gasteiger partial charge in [-0.05, 0) is 54.3 Å². The van der Waals surface area contributed by atoms with Crippen LogP contribution in [0.5, 0.6) is 0 Å². The summed E-state index contributed by atoms with van der Waals surface area (Å²) in [5.74, 6) is -0.0789. The molecule has 0 saturated carbocycles. The summed E-state index contributed by atoms with van der Waals surface area (Å²) < 4.78 is 28.6. The predicted octanol–water partition coefficient (Wildman–Crippen LogP) is 3.25. The number of amides is 1. The molecule has 0 spiro atoms. The maximum Gasteiger partial charge on any atom is 0.270 e. The summed E-state index contributed by atoms with van der Waals surface area (Å²) in [5, 5.41) is 0. The highest BCUT2D eigenvalue weighted by Gasteiger charge is 2.25. The van der Waals surface area contributed by atoms with Gasteiger partial charge in [0.15, 0.2) is 0 Å². The number of hydrogen-bond donors (Lipinski definition) is 2. The lowest BCUT2D eigenvalue weighted by atomic mass is 9.99. The Bertz CT molecular complexity index is 1110. The van der Waals surface area contributed by atoms with Gasteiger partial charge in [-0.15, -0.1) is 0 Å². The molecular formula is C22H23N3O3S. The molecular weight excluding hydrogens is 386 g/mol. The minimum Gasteiger partial charge on any atom is -0.357 e. The number of aromatic amines is 1. The Hall–Kier alpha value is -2.90. The molecule has 2 heterocycles. The number of sulfonamides is 1. The fraction of sp³-hybridized carbons (Fsp3) is 0.227. The molecule has 1 aromatic heterocycles. The van der Waals surface area contributed by atoms with E-state index in [4.69, 9.17) is 0 Å². The lowest BCUT2D eigenvalue weighted by Gasteiger charge is -2.29. The second-order valence-corrected chi connectivity index (χ2v) is 8.96. The fourth-order valence-corrected chi connectivity index (χ4v) is 4.90. The van der Waals surface area contributed by atoms with Crippen molar-refractivity contribution in [2.24, 2.45) is 0 Å². The van der Waals surface area contributed by atoms with Gasteiger partial charge in [-0.2, -0.15) is 0 Å². The van der Waals surface area contributed by atoms with Crippen molar-refractivity contribution in [1.82, 2.24) is 14.6 Å². The molecule has 1 aliphatic rings. The summed E-state index contributed by atoms with van der Waals surface area (Å²) in [6, 6.07) is 17.8. The minimum absolute atomic E-state index is 0.0789. The largest absolute Gasteiger partial charge is 0.357 e. The van der Waals surface area contributed by atoms with Crippen molar-refractivity contribution in [3.63, 3.8) is 0 Å². The van der Waals surface area contributed by atoms with Gasteiger partial charge in [-0.25, -0.2) is 13.1 Å². The first-order chi connectivity index (χ1) is 13.9. The quantitative estimate of drug-likeness (QED) is 0.679. The number of rotatable bonds is 5. The van der Waals surface area contributed by atoms with E-state index in [2.05, 4.69) is 9.71 Å². The van der Waals surface area contributed by atoms with Crippen LogP contribution in [0.15, 0.2) is 71.8 Å². The van der Waals surface area contributed by atoms with Gasteiger partial charge >= 0.3 is 0 Å². The molecule has 0 radical (unpaired) electrons. The van der Waals surface area contributed by atoms with Crippen LogP contribution in [-0.2, 0) is 23.0 Å². The van der Waals surface area contributed by atoms with Crippen LogP contribution in [0, 0.1) is 0 Å². The molecule has 1 atom stereocenters. The van der Waals surface area contributed by atoms with Crippen molar-refractivity contribution in [3.8, 4) is 0 Å². The van der Waals surface area contributed by atoms with E-state index < -0.39 is 10.0 Å². The van der Waals surface area contributed by atoms with Crippen molar-refractivity contribution in [3.05, 3.63) is 89.2 Å². The number of H-pyrrole nitrogens is 1. The molecule has 3 aromatic rings. The van der Waals surface area contributed by atoms with E-state index in [1.54, 1.807) is 35.4 Å². The molecule has 7 heteroatoms. The third-order valence-corrected chi connectivity index (χ3v) is 6.79. The Morgan fingerprint density at radius 1 is 1.07 bits per heavy atom. The van der Waals surface area contributed by atoms with E-state index >= 15 is 0 Å². The maximum atomic E-state index is 12.9. The van der Waals surface area contributed by atoms with Gasteiger partial charge in [0.05, 0.1) is 4.90 Å². The number of carbonyl (C=O) groups excluding carboxylic acids is 1. The number of fused-ring (bicyclic) bond motifs is 1. The molecule has 150 valence electrons. The first-order valence-corrected chi connectivity index (χ1v) is 11.0. The van der Waals surface area contributed by atoms with Crippen LogP contribution in [0.1, 0.15) is 40.1 Å². The van der Waals surface area contributed by atoms with Crippen LogP contribution in [0.3, 0.4) is 0 Å². The summed E-state index contributed by atoms with van der Waals surface area (Å²) >= 11 is 0. The highest BCUT2D eigenvalue weighted by atomic mass is 32.2. The van der Waals surface area contributed by atoms with Gasteiger partial charge < -0.3 is 9.88 Å². The zero-order valence-electron chi connectivity index (χ0n) is 16.1. The van der Waals surface area contributed by atoms with Crippen LogP contribution in [0.25, 0.3) is 0 Å². The van der Waals surface area contributed by atoms with E-state index in [0.29, 0.717) is 25.2 Å². The average molecular weight is 410 g/mol. The van der Waals surface area contributed by atoms with Crippen molar-refractivity contribution in [1.29, 1.82) is 0 Å². The van der Waals surface area contributed by atoms with E-state index in [1.807, 2.05) is 43.3 Å². The van der Waals surface area contributed by atoms with Crippen LogP contribution < -0.4 is 4.72 Å². The lowest BCUT2D eigenvalue weighted by Crippen LogP contribution is -2.36. The average Bonchev–Trinajstić information content (AvgIpc) is 3.27. The van der Waals surface area contributed by atoms with Crippen molar-refractivity contribution in [2.45, 2.75) is 30.8 Å². The van der Waals surface area contributed by atoms with Gasteiger partial charge in [-0.3, -0.25) is 4.79 Å². The van der Waals surface area contributed by atoms with Crippen molar-refractivity contribution >= 4 is 15.9 Å². The van der Waals surface area contributed by atoms with E-state index in [0.717, 1.165) is 16.7 Å². The SMILES string of the molecule is C[C@@H](NS(=O)(=O)c1ccc2c(c1)CN(C(=O)c1ccc[nH]1)CC2)c1ccccc1. The normalized spacial score (nSPS) is 15.0. The fourth-order valence-electron chi connectivity index (χ4n) is 3.62. The summed E-state index contributed by atoms with van der Waals surface area (Å²) in [4.78, 5) is 17.5. The summed E-state index contributed by atoms with van der Waals surface area (Å²) in [6.07, 6.45) is 2.42. The van der Waals surface area contributed by atoms with Crippen LogP contribution >= 0.6 is 0 Å². The summed E-state index contributed by atoms with van der Waals surface area (Å²) in [7, 11) is -3.68. The molecule has 1 amide bonds. The molecule has 2 aromatic carbocycles. The zero-order chi connectivity index (χ0) is 20.4. The van der Waals surface area contributed by atoms with Crippen molar-refractivity contribution < 1.29 is 13.2 Å². The molecule has 0 bridgehead atoms. The number of hydrogen-bond acceptors (Lipinski definition) is 3. The third-order valence-electron chi connectivity index (χ3n) is 5.25. The monoisotopic (exact) mass is 409 g/mol. The molecule has 29 heavy (non-hydrogen) atoms. The number of aromatic nitrogens is 1. The third kappa shape index (κ3) is 4.11. The second-order valence-electron chi connectivity index (χ2n) is 7.24. The van der Waals surface area contributed by atoms with E-state index in [9.17, 15) is 13.2 Å². The Morgan fingerprint density at radius 3 is 2.59 bits per heavy atom. The Morgan fingerprint density at radius 2 is 1.86 bits per heavy atom. The first kappa shape index (κ1) is 19.4. The van der Waals surface area contributed by atoms with Crippen molar-refractivity contribution in [2.75, 3.05) is 6.54 Å². The van der Waals surface area contributed by atoms with Crippen LogP contribution in [0.4, 0.5) is 0 Å². The molecule has 6 nitrogen and oxygen atoms in total. The predicted molar refractivity (Wildman–Crippen MR) is 111 cm³/mol. The van der Waals surface area contributed by atoms with Gasteiger partial charge in [0.1, 0.15) is 5.69 Å². The van der Waals surface area contributed by atoms with Gasteiger partial charge in [-0.1, -0.05) is 36.4 Å². The molecule has 2 N–H and O–H groups in total. The lowest BCUT2D eigenvalue weighted by molar-refractivity contribution is 0.0729. The summed E-state index contributed by atoms with van der Waals surface area (Å²) in [6.45, 7) is 2.83. The smallest absolute Gasteiger partial charge is 0.270 e. The highest BCUT2D eigenvalue weighted by Crippen LogP contribution is 2.24. The molecule has 4 rings (SSSR count). The number of benzene rings is 2. The van der Waals surface area contributed by atoms with Gasteiger partial charge in [0, 0.05) is 25.3 Å². The number of carbonyl (C=O) groups is 1. The molecule has 0 unspecified atom stereocenters. The molecule has 0 fully saturated rings. The molecule has 0 aliphatic carbocycles. The first-order valence-electron chi connectivity index (χ1n) is 9.56. The standard InChI is InChI=1S/C22H23N3O3S/c1-16(17-6-3-2-4-7-17)24-29(27,28)20-10-9-18-11-13-25(15-19(18)14-20)22(26)21-8-5-12-23-21/h2-10,12,14,16,23-24H,11,13,15H2,1H3/t16-/m1/s1. The summed E-state index contributed by atoms with van der Waals surface area (Å²) in [5.41, 5.74) is 3.38. The van der Waals surface area contributed by atoms with E-state index in [-0.39, 0.29) is 16.8 Å². The van der Waals surface area contributed by atoms with Gasteiger partial charge in [0.25, 0.3) is 5.91 Å². The topological polar surface area (TPSA) is 82.3 Å². The maximum absolute atomic E-state index is 12.9. The number of nitrogens with zero attached hydrogens (tertiary/aromatic N) is 1.